The van der Waals surface area contributed by atoms with Gasteiger partial charge in [-0.3, -0.25) is 4.79 Å². The highest BCUT2D eigenvalue weighted by atomic mass is 19.1. The summed E-state index contributed by atoms with van der Waals surface area (Å²) >= 11 is 0. The Morgan fingerprint density at radius 1 is 1.11 bits per heavy atom. The molecule has 0 radical (unpaired) electrons. The van der Waals surface area contributed by atoms with Crippen LogP contribution in [0.25, 0.3) is 0 Å². The van der Waals surface area contributed by atoms with Crippen molar-refractivity contribution in [3.63, 3.8) is 0 Å². The Labute approximate surface area is 165 Å². The summed E-state index contributed by atoms with van der Waals surface area (Å²) in [5.41, 5.74) is 1.84. The van der Waals surface area contributed by atoms with Crippen LogP contribution >= 0.6 is 0 Å². The van der Waals surface area contributed by atoms with Gasteiger partial charge in [0.2, 0.25) is 0 Å². The Hall–Kier alpha value is -2.47. The second-order valence-electron chi connectivity index (χ2n) is 7.93. The predicted octanol–water partition coefficient (Wildman–Crippen LogP) is 2.68. The summed E-state index contributed by atoms with van der Waals surface area (Å²) in [4.78, 5) is 24.0. The standard InChI is InChI=1S/C22H27FN4O/c1-25-10-12-26(13-11-25)21-15-19(6-8-24-21)22(28)27-9-7-18(16-27)14-17-2-4-20(23)5-3-17/h2-6,8,15,18H,7,9-14,16H2,1H3/t18-/m1/s1. The number of anilines is 1. The highest BCUT2D eigenvalue weighted by Crippen LogP contribution is 2.24. The summed E-state index contributed by atoms with van der Waals surface area (Å²) < 4.78 is 13.1. The molecule has 5 nitrogen and oxygen atoms in total. The number of halogens is 1. The molecule has 0 bridgehead atoms. The molecule has 2 aromatic rings. The summed E-state index contributed by atoms with van der Waals surface area (Å²) in [5.74, 6) is 1.19. The van der Waals surface area contributed by atoms with Gasteiger partial charge in [-0.05, 0) is 55.6 Å². The van der Waals surface area contributed by atoms with Crippen LogP contribution in [0.4, 0.5) is 10.2 Å². The summed E-state index contributed by atoms with van der Waals surface area (Å²) in [7, 11) is 2.13. The lowest BCUT2D eigenvalue weighted by Gasteiger charge is -2.33. The zero-order valence-electron chi connectivity index (χ0n) is 16.4. The average Bonchev–Trinajstić information content (AvgIpc) is 3.18. The monoisotopic (exact) mass is 382 g/mol. The number of carbonyl (C=O) groups is 1. The van der Waals surface area contributed by atoms with Crippen LogP contribution in [0.3, 0.4) is 0 Å². The molecule has 1 aromatic carbocycles. The third-order valence-corrected chi connectivity index (χ3v) is 5.83. The highest BCUT2D eigenvalue weighted by molar-refractivity contribution is 5.95. The van der Waals surface area contributed by atoms with E-state index in [0.29, 0.717) is 11.5 Å². The maximum Gasteiger partial charge on any atom is 0.254 e. The Bertz CT molecular complexity index is 818. The molecular weight excluding hydrogens is 355 g/mol. The van der Waals surface area contributed by atoms with Crippen molar-refractivity contribution in [2.24, 2.45) is 5.92 Å². The fourth-order valence-electron chi connectivity index (χ4n) is 4.08. The minimum atomic E-state index is -0.208. The van der Waals surface area contributed by atoms with Gasteiger partial charge in [-0.1, -0.05) is 12.1 Å². The van der Waals surface area contributed by atoms with Gasteiger partial charge in [0.25, 0.3) is 5.91 Å². The third kappa shape index (κ3) is 4.33. The van der Waals surface area contributed by atoms with Crippen molar-refractivity contribution in [1.82, 2.24) is 14.8 Å². The first-order chi connectivity index (χ1) is 13.6. The zero-order chi connectivity index (χ0) is 19.5. The summed E-state index contributed by atoms with van der Waals surface area (Å²) in [6.45, 7) is 5.42. The predicted molar refractivity (Wildman–Crippen MR) is 108 cm³/mol. The van der Waals surface area contributed by atoms with Crippen molar-refractivity contribution >= 4 is 11.7 Å². The topological polar surface area (TPSA) is 39.7 Å². The fourth-order valence-corrected chi connectivity index (χ4v) is 4.08. The normalized spacial score (nSPS) is 20.6. The van der Waals surface area contributed by atoms with Crippen molar-refractivity contribution in [2.45, 2.75) is 12.8 Å². The molecule has 0 N–H and O–H groups in total. The van der Waals surface area contributed by atoms with Crippen molar-refractivity contribution in [3.8, 4) is 0 Å². The number of carbonyl (C=O) groups excluding carboxylic acids is 1. The molecule has 1 atom stereocenters. The fraction of sp³-hybridized carbons (Fsp3) is 0.455. The number of piperazine rings is 1. The van der Waals surface area contributed by atoms with Gasteiger partial charge in [0, 0.05) is 51.0 Å². The summed E-state index contributed by atoms with van der Waals surface area (Å²) in [6.07, 6.45) is 3.61. The van der Waals surface area contributed by atoms with Crippen molar-refractivity contribution in [1.29, 1.82) is 0 Å². The molecule has 3 heterocycles. The van der Waals surface area contributed by atoms with Crippen LogP contribution < -0.4 is 4.90 Å². The molecule has 4 rings (SSSR count). The molecule has 2 aliphatic rings. The van der Waals surface area contributed by atoms with E-state index in [0.717, 1.165) is 63.5 Å². The molecule has 2 saturated heterocycles. The van der Waals surface area contributed by atoms with Crippen LogP contribution in [0.15, 0.2) is 42.6 Å². The molecule has 0 unspecified atom stereocenters. The summed E-state index contributed by atoms with van der Waals surface area (Å²) in [6, 6.07) is 10.4. The van der Waals surface area contributed by atoms with Gasteiger partial charge in [0.15, 0.2) is 0 Å². The number of likely N-dealkylation sites (N-methyl/N-ethyl adjacent to an activating group) is 1. The van der Waals surface area contributed by atoms with E-state index in [4.69, 9.17) is 0 Å². The van der Waals surface area contributed by atoms with Crippen molar-refractivity contribution in [3.05, 3.63) is 59.5 Å². The Balaban J connectivity index is 1.38. The van der Waals surface area contributed by atoms with E-state index in [1.807, 2.05) is 29.2 Å². The van der Waals surface area contributed by atoms with Gasteiger partial charge < -0.3 is 14.7 Å². The van der Waals surface area contributed by atoms with Crippen LogP contribution in [0.2, 0.25) is 0 Å². The van der Waals surface area contributed by atoms with Crippen LogP contribution in [-0.2, 0) is 6.42 Å². The first-order valence-electron chi connectivity index (χ1n) is 10.0. The molecular formula is C22H27FN4O. The van der Waals surface area contributed by atoms with Crippen LogP contribution in [0.5, 0.6) is 0 Å². The number of likely N-dealkylation sites (tertiary alicyclic amines) is 1. The number of hydrogen-bond donors (Lipinski definition) is 0. The number of pyridine rings is 1. The van der Waals surface area contributed by atoms with Gasteiger partial charge in [0.1, 0.15) is 11.6 Å². The third-order valence-electron chi connectivity index (χ3n) is 5.83. The van der Waals surface area contributed by atoms with Gasteiger partial charge in [-0.2, -0.15) is 0 Å². The lowest BCUT2D eigenvalue weighted by molar-refractivity contribution is 0.0787. The quantitative estimate of drug-likeness (QED) is 0.815. The zero-order valence-corrected chi connectivity index (χ0v) is 16.4. The van der Waals surface area contributed by atoms with E-state index in [9.17, 15) is 9.18 Å². The average molecular weight is 382 g/mol. The van der Waals surface area contributed by atoms with E-state index in [1.165, 1.54) is 12.1 Å². The first-order valence-corrected chi connectivity index (χ1v) is 10.0. The summed E-state index contributed by atoms with van der Waals surface area (Å²) in [5, 5.41) is 0. The van der Waals surface area contributed by atoms with Gasteiger partial charge in [-0.15, -0.1) is 0 Å². The number of nitrogens with zero attached hydrogens (tertiary/aromatic N) is 4. The van der Waals surface area contributed by atoms with E-state index < -0.39 is 0 Å². The molecule has 6 heteroatoms. The van der Waals surface area contributed by atoms with Crippen molar-refractivity contribution < 1.29 is 9.18 Å². The Morgan fingerprint density at radius 2 is 1.86 bits per heavy atom. The minimum absolute atomic E-state index is 0.0828. The maximum atomic E-state index is 13.1. The van der Waals surface area contributed by atoms with Gasteiger partial charge in [-0.25, -0.2) is 9.37 Å². The highest BCUT2D eigenvalue weighted by Gasteiger charge is 2.27. The second kappa shape index (κ2) is 8.27. The smallest absolute Gasteiger partial charge is 0.254 e. The molecule has 0 saturated carbocycles. The number of aromatic nitrogens is 1. The van der Waals surface area contributed by atoms with E-state index in [2.05, 4.69) is 21.8 Å². The van der Waals surface area contributed by atoms with Crippen LogP contribution in [-0.4, -0.2) is 67.0 Å². The molecule has 28 heavy (non-hydrogen) atoms. The van der Waals surface area contributed by atoms with E-state index in [1.54, 1.807) is 6.20 Å². The Morgan fingerprint density at radius 3 is 2.61 bits per heavy atom. The SMILES string of the molecule is CN1CCN(c2cc(C(=O)N3CC[C@H](Cc4ccc(F)cc4)C3)ccn2)CC1. The number of amides is 1. The number of hydrogen-bond acceptors (Lipinski definition) is 4. The largest absolute Gasteiger partial charge is 0.354 e. The minimum Gasteiger partial charge on any atom is -0.354 e. The van der Waals surface area contributed by atoms with Crippen LogP contribution in [0.1, 0.15) is 22.3 Å². The molecule has 1 aromatic heterocycles. The maximum absolute atomic E-state index is 13.1. The lowest BCUT2D eigenvalue weighted by Crippen LogP contribution is -2.44. The molecule has 2 fully saturated rings. The number of benzene rings is 1. The second-order valence-corrected chi connectivity index (χ2v) is 7.93. The molecule has 2 aliphatic heterocycles. The number of rotatable bonds is 4. The van der Waals surface area contributed by atoms with E-state index in [-0.39, 0.29) is 11.7 Å². The Kier molecular flexibility index (Phi) is 5.57. The van der Waals surface area contributed by atoms with Crippen LogP contribution in [0, 0.1) is 11.7 Å². The van der Waals surface area contributed by atoms with Gasteiger partial charge >= 0.3 is 0 Å². The molecule has 148 valence electrons. The lowest BCUT2D eigenvalue weighted by atomic mass is 9.99. The molecule has 1 amide bonds. The molecule has 0 spiro atoms. The van der Waals surface area contributed by atoms with Gasteiger partial charge in [0.05, 0.1) is 0 Å². The molecule has 0 aliphatic carbocycles. The van der Waals surface area contributed by atoms with E-state index >= 15 is 0 Å². The first kappa shape index (κ1) is 18.9. The van der Waals surface area contributed by atoms with Crippen molar-refractivity contribution in [2.75, 3.05) is 51.2 Å².